The molecule has 0 aliphatic carbocycles. The minimum atomic E-state index is -0.642. The lowest BCUT2D eigenvalue weighted by molar-refractivity contribution is -0.0202. The van der Waals surface area contributed by atoms with Gasteiger partial charge in [-0.25, -0.2) is 5.01 Å². The van der Waals surface area contributed by atoms with E-state index in [2.05, 4.69) is 46.3 Å². The molecule has 0 unspecified atom stereocenters. The Kier molecular flexibility index (Phi) is 5.02. The summed E-state index contributed by atoms with van der Waals surface area (Å²) in [6.07, 6.45) is 0.0213. The number of rotatable bonds is 2. The third kappa shape index (κ3) is 3.55. The van der Waals surface area contributed by atoms with Gasteiger partial charge in [0.1, 0.15) is 11.5 Å². The average Bonchev–Trinajstić information content (AvgIpc) is 3.26. The Morgan fingerprint density at radius 1 is 0.939 bits per heavy atom. The van der Waals surface area contributed by atoms with E-state index in [-0.39, 0.29) is 11.8 Å². The molecule has 164 valence electrons. The van der Waals surface area contributed by atoms with Crippen molar-refractivity contribution in [3.05, 3.63) is 104 Å². The van der Waals surface area contributed by atoms with E-state index in [0.29, 0.717) is 27.8 Å². The van der Waals surface area contributed by atoms with Crippen LogP contribution in [0.5, 0.6) is 11.5 Å². The first-order chi connectivity index (χ1) is 16.0. The quantitative estimate of drug-likeness (QED) is 0.282. The Morgan fingerprint density at radius 3 is 2.61 bits per heavy atom. The number of hydrogen-bond donors (Lipinski definition) is 1. The van der Waals surface area contributed by atoms with E-state index in [1.165, 1.54) is 5.39 Å². The zero-order valence-electron chi connectivity index (χ0n) is 17.2. The van der Waals surface area contributed by atoms with Gasteiger partial charge in [-0.2, -0.15) is 5.10 Å². The van der Waals surface area contributed by atoms with Crippen molar-refractivity contribution in [2.45, 2.75) is 18.7 Å². The molecule has 0 saturated carbocycles. The smallest absolute Gasteiger partial charge is 0.217 e. The zero-order valence-corrected chi connectivity index (χ0v) is 20.3. The highest BCUT2D eigenvalue weighted by Crippen LogP contribution is 2.52. The molecular formula is C26H17BrCl2N2O2. The van der Waals surface area contributed by atoms with Gasteiger partial charge in [0.15, 0.2) is 0 Å². The Bertz CT molecular complexity index is 1460. The Morgan fingerprint density at radius 2 is 1.76 bits per heavy atom. The maximum Gasteiger partial charge on any atom is 0.217 e. The molecule has 0 spiro atoms. The highest BCUT2D eigenvalue weighted by atomic mass is 79.9. The summed E-state index contributed by atoms with van der Waals surface area (Å²) in [5.41, 5.74) is 3.49. The lowest BCUT2D eigenvalue weighted by atomic mass is 9.95. The molecule has 4 aromatic carbocycles. The first-order valence-electron chi connectivity index (χ1n) is 10.5. The fraction of sp³-hybridized carbons (Fsp3) is 0.115. The molecule has 4 aromatic rings. The second-order valence-corrected chi connectivity index (χ2v) is 9.95. The van der Waals surface area contributed by atoms with Crippen molar-refractivity contribution in [1.82, 2.24) is 5.01 Å². The van der Waals surface area contributed by atoms with E-state index in [1.807, 2.05) is 29.3 Å². The first-order valence-corrected chi connectivity index (χ1v) is 12.0. The van der Waals surface area contributed by atoms with Gasteiger partial charge >= 0.3 is 0 Å². The Hall–Kier alpha value is -2.73. The van der Waals surface area contributed by atoms with Gasteiger partial charge in [-0.1, -0.05) is 75.5 Å². The lowest BCUT2D eigenvalue weighted by Gasteiger charge is -2.38. The van der Waals surface area contributed by atoms with Gasteiger partial charge in [0, 0.05) is 21.5 Å². The van der Waals surface area contributed by atoms with Crippen molar-refractivity contribution in [3.63, 3.8) is 0 Å². The number of halogens is 3. The number of phenolic OH excluding ortho intramolecular Hbond substituents is 1. The van der Waals surface area contributed by atoms with Gasteiger partial charge < -0.3 is 9.84 Å². The maximum absolute atomic E-state index is 10.6. The minimum Gasteiger partial charge on any atom is -0.507 e. The number of nitrogens with zero attached hydrogens (tertiary/aromatic N) is 2. The molecule has 2 aliphatic rings. The summed E-state index contributed by atoms with van der Waals surface area (Å²) in [7, 11) is 0. The van der Waals surface area contributed by atoms with Crippen LogP contribution in [0.25, 0.3) is 10.8 Å². The summed E-state index contributed by atoms with van der Waals surface area (Å²) in [5.74, 6) is 0.700. The van der Waals surface area contributed by atoms with Gasteiger partial charge in [0.25, 0.3) is 0 Å². The molecular weight excluding hydrogens is 523 g/mol. The van der Waals surface area contributed by atoms with E-state index < -0.39 is 6.23 Å². The predicted molar refractivity (Wildman–Crippen MR) is 135 cm³/mol. The molecule has 0 saturated heterocycles. The number of hydrogen-bond acceptors (Lipinski definition) is 4. The van der Waals surface area contributed by atoms with E-state index in [1.54, 1.807) is 18.2 Å². The van der Waals surface area contributed by atoms with Gasteiger partial charge in [0.05, 0.1) is 22.3 Å². The molecule has 0 amide bonds. The van der Waals surface area contributed by atoms with Crippen LogP contribution in [0.15, 0.2) is 82.4 Å². The Balaban J connectivity index is 1.50. The summed E-state index contributed by atoms with van der Waals surface area (Å²) >= 11 is 16.4. The SMILES string of the molecule is Oc1ccc(Br)cc1[C@@H]1Oc2c(Cl)cc(Cl)cc2[C@@H]2CC(c3ccc4ccccc4c3)=NN21. The molecule has 0 fully saturated rings. The van der Waals surface area contributed by atoms with E-state index >= 15 is 0 Å². The monoisotopic (exact) mass is 538 g/mol. The van der Waals surface area contributed by atoms with Gasteiger partial charge in [-0.05, 0) is 52.7 Å². The molecule has 1 N–H and O–H groups in total. The van der Waals surface area contributed by atoms with Crippen molar-refractivity contribution in [1.29, 1.82) is 0 Å². The fourth-order valence-corrected chi connectivity index (χ4v) is 5.52. The van der Waals surface area contributed by atoms with Crippen LogP contribution in [0, 0.1) is 0 Å². The summed E-state index contributed by atoms with van der Waals surface area (Å²) in [6, 6.07) is 23.3. The summed E-state index contributed by atoms with van der Waals surface area (Å²) in [4.78, 5) is 0. The van der Waals surface area contributed by atoms with Crippen molar-refractivity contribution < 1.29 is 9.84 Å². The van der Waals surface area contributed by atoms with Crippen molar-refractivity contribution in [2.75, 3.05) is 0 Å². The van der Waals surface area contributed by atoms with Gasteiger partial charge in [-0.15, -0.1) is 0 Å². The summed E-state index contributed by atoms with van der Waals surface area (Å²) in [5, 5.41) is 20.9. The normalized spacial score (nSPS) is 19.1. The molecule has 0 aromatic heterocycles. The Labute approximate surface area is 209 Å². The van der Waals surface area contributed by atoms with Gasteiger partial charge in [-0.3, -0.25) is 0 Å². The third-order valence-electron chi connectivity index (χ3n) is 6.15. The van der Waals surface area contributed by atoms with Crippen LogP contribution in [0.3, 0.4) is 0 Å². The molecule has 2 heterocycles. The molecule has 33 heavy (non-hydrogen) atoms. The van der Waals surface area contributed by atoms with Crippen molar-refractivity contribution >= 4 is 55.6 Å². The van der Waals surface area contributed by atoms with Crippen LogP contribution < -0.4 is 4.74 Å². The number of benzene rings is 4. The largest absolute Gasteiger partial charge is 0.507 e. The van der Waals surface area contributed by atoms with Crippen molar-refractivity contribution in [3.8, 4) is 11.5 Å². The highest BCUT2D eigenvalue weighted by molar-refractivity contribution is 9.10. The number of aromatic hydroxyl groups is 1. The van der Waals surface area contributed by atoms with Crippen LogP contribution in [0.2, 0.25) is 10.0 Å². The van der Waals surface area contributed by atoms with Gasteiger partial charge in [0.2, 0.25) is 6.23 Å². The number of ether oxygens (including phenoxy) is 1. The standard InChI is InChI=1S/C26H17BrCl2N2O2/c27-17-7-8-24(32)20(10-17)26-31-23(19-11-18(28)12-21(29)25(19)33-26)13-22(30-31)16-6-5-14-3-1-2-4-15(14)9-16/h1-12,23,26,32H,13H2/t23-,26-/m0/s1. The predicted octanol–water partition coefficient (Wildman–Crippen LogP) is 7.86. The van der Waals surface area contributed by atoms with Crippen LogP contribution in [-0.2, 0) is 0 Å². The molecule has 2 aliphatic heterocycles. The molecule has 7 heteroatoms. The fourth-order valence-electron chi connectivity index (χ4n) is 4.59. The third-order valence-corrected chi connectivity index (χ3v) is 7.14. The average molecular weight is 540 g/mol. The second-order valence-electron chi connectivity index (χ2n) is 8.19. The highest BCUT2D eigenvalue weighted by Gasteiger charge is 2.43. The van der Waals surface area contributed by atoms with E-state index in [4.69, 9.17) is 33.0 Å². The first kappa shape index (κ1) is 20.8. The second kappa shape index (κ2) is 7.94. The maximum atomic E-state index is 10.6. The van der Waals surface area contributed by atoms with Crippen LogP contribution >= 0.6 is 39.1 Å². The lowest BCUT2D eigenvalue weighted by Crippen LogP contribution is -2.34. The molecule has 0 radical (unpaired) electrons. The number of fused-ring (bicyclic) bond motifs is 4. The van der Waals surface area contributed by atoms with E-state index in [0.717, 1.165) is 26.7 Å². The van der Waals surface area contributed by atoms with E-state index in [9.17, 15) is 5.11 Å². The summed E-state index contributed by atoms with van der Waals surface area (Å²) in [6.45, 7) is 0. The molecule has 0 bridgehead atoms. The molecule has 6 rings (SSSR count). The number of hydrazone groups is 1. The zero-order chi connectivity index (χ0) is 22.7. The van der Waals surface area contributed by atoms with Crippen LogP contribution in [0.1, 0.15) is 35.4 Å². The molecule has 4 nitrogen and oxygen atoms in total. The molecule has 2 atom stereocenters. The number of phenols is 1. The topological polar surface area (TPSA) is 45.1 Å². The van der Waals surface area contributed by atoms with Crippen LogP contribution in [0.4, 0.5) is 0 Å². The summed E-state index contributed by atoms with van der Waals surface area (Å²) < 4.78 is 7.19. The van der Waals surface area contributed by atoms with Crippen molar-refractivity contribution in [2.24, 2.45) is 5.10 Å². The van der Waals surface area contributed by atoms with Crippen LogP contribution in [-0.4, -0.2) is 15.8 Å². The minimum absolute atomic E-state index is 0.129.